The molecule has 0 bridgehead atoms. The smallest absolute Gasteiger partial charge is 0.0449 e. The molecule has 3 heteroatoms. The van der Waals surface area contributed by atoms with Gasteiger partial charge in [-0.05, 0) is 11.1 Å². The molecule has 2 nitrogen and oxygen atoms in total. The van der Waals surface area contributed by atoms with Crippen LogP contribution >= 0.6 is 12.4 Å². The van der Waals surface area contributed by atoms with E-state index in [1.165, 1.54) is 11.1 Å². The molecular formula is C17H21ClN2. The minimum atomic E-state index is 0. The van der Waals surface area contributed by atoms with Crippen LogP contribution in [0.15, 0.2) is 60.7 Å². The Morgan fingerprint density at radius 2 is 1.60 bits per heavy atom. The van der Waals surface area contributed by atoms with E-state index in [-0.39, 0.29) is 12.4 Å². The van der Waals surface area contributed by atoms with E-state index >= 15 is 0 Å². The van der Waals surface area contributed by atoms with Gasteiger partial charge >= 0.3 is 0 Å². The summed E-state index contributed by atoms with van der Waals surface area (Å²) in [4.78, 5) is 2.53. The summed E-state index contributed by atoms with van der Waals surface area (Å²) >= 11 is 0. The molecule has 0 aliphatic carbocycles. The van der Waals surface area contributed by atoms with E-state index < -0.39 is 0 Å². The summed E-state index contributed by atoms with van der Waals surface area (Å²) < 4.78 is 0. The Kier molecular flexibility index (Phi) is 5.60. The quantitative estimate of drug-likeness (QED) is 0.933. The third kappa shape index (κ3) is 3.83. The largest absolute Gasteiger partial charge is 0.308 e. The van der Waals surface area contributed by atoms with Crippen LogP contribution in [0.4, 0.5) is 0 Å². The zero-order valence-electron chi connectivity index (χ0n) is 11.5. The summed E-state index contributed by atoms with van der Waals surface area (Å²) in [5, 5.41) is 3.61. The number of nitrogens with zero attached hydrogens (tertiary/aromatic N) is 1. The van der Waals surface area contributed by atoms with E-state index in [0.717, 1.165) is 26.2 Å². The SMILES string of the molecule is Cl.c1ccc(CN2CCNC(c3ccccc3)C2)cc1. The topological polar surface area (TPSA) is 15.3 Å². The number of nitrogens with one attached hydrogen (secondary N) is 1. The lowest BCUT2D eigenvalue weighted by Crippen LogP contribution is -2.45. The Hall–Kier alpha value is -1.35. The molecule has 2 aromatic carbocycles. The molecule has 1 heterocycles. The summed E-state index contributed by atoms with van der Waals surface area (Å²) in [5.41, 5.74) is 2.79. The fourth-order valence-corrected chi connectivity index (χ4v) is 2.70. The molecule has 1 unspecified atom stereocenters. The zero-order valence-corrected chi connectivity index (χ0v) is 12.4. The van der Waals surface area contributed by atoms with Crippen LogP contribution in [0.5, 0.6) is 0 Å². The number of hydrogen-bond donors (Lipinski definition) is 1. The third-order valence-electron chi connectivity index (χ3n) is 3.71. The van der Waals surface area contributed by atoms with Gasteiger partial charge in [0.25, 0.3) is 0 Å². The molecule has 1 fully saturated rings. The predicted molar refractivity (Wildman–Crippen MR) is 86.2 cm³/mol. The first kappa shape index (κ1) is 15.0. The van der Waals surface area contributed by atoms with Crippen molar-refractivity contribution in [2.75, 3.05) is 19.6 Å². The van der Waals surface area contributed by atoms with Crippen LogP contribution in [-0.4, -0.2) is 24.5 Å². The van der Waals surface area contributed by atoms with Gasteiger partial charge in [-0.3, -0.25) is 4.90 Å². The van der Waals surface area contributed by atoms with E-state index in [1.807, 2.05) is 0 Å². The van der Waals surface area contributed by atoms with Gasteiger partial charge in [0, 0.05) is 32.2 Å². The standard InChI is InChI=1S/C17H20N2.ClH/c1-3-7-15(8-4-1)13-19-12-11-18-17(14-19)16-9-5-2-6-10-16;/h1-10,17-18H,11-14H2;1H. The second-order valence-corrected chi connectivity index (χ2v) is 5.14. The maximum Gasteiger partial charge on any atom is 0.0449 e. The van der Waals surface area contributed by atoms with Crippen LogP contribution in [0.1, 0.15) is 17.2 Å². The van der Waals surface area contributed by atoms with Crippen molar-refractivity contribution >= 4 is 12.4 Å². The van der Waals surface area contributed by atoms with Gasteiger partial charge in [0.05, 0.1) is 0 Å². The summed E-state index contributed by atoms with van der Waals surface area (Å²) in [5.74, 6) is 0. The molecule has 0 aromatic heterocycles. The average Bonchev–Trinajstić information content (AvgIpc) is 2.49. The molecule has 1 saturated heterocycles. The highest BCUT2D eigenvalue weighted by Gasteiger charge is 2.20. The number of rotatable bonds is 3. The summed E-state index contributed by atoms with van der Waals surface area (Å²) in [7, 11) is 0. The summed E-state index contributed by atoms with van der Waals surface area (Å²) in [6, 6.07) is 21.9. The second-order valence-electron chi connectivity index (χ2n) is 5.14. The summed E-state index contributed by atoms with van der Waals surface area (Å²) in [6.07, 6.45) is 0. The van der Waals surface area contributed by atoms with Crippen molar-refractivity contribution in [2.45, 2.75) is 12.6 Å². The van der Waals surface area contributed by atoms with Crippen LogP contribution in [-0.2, 0) is 6.54 Å². The van der Waals surface area contributed by atoms with Crippen LogP contribution in [0.3, 0.4) is 0 Å². The average molecular weight is 289 g/mol. The minimum absolute atomic E-state index is 0. The molecule has 2 aromatic rings. The lowest BCUT2D eigenvalue weighted by atomic mass is 10.0. The van der Waals surface area contributed by atoms with Crippen LogP contribution in [0.2, 0.25) is 0 Å². The lowest BCUT2D eigenvalue weighted by molar-refractivity contribution is 0.193. The van der Waals surface area contributed by atoms with Crippen molar-refractivity contribution in [3.63, 3.8) is 0 Å². The van der Waals surface area contributed by atoms with Gasteiger partial charge < -0.3 is 5.32 Å². The zero-order chi connectivity index (χ0) is 12.9. The van der Waals surface area contributed by atoms with Crippen molar-refractivity contribution in [1.82, 2.24) is 10.2 Å². The predicted octanol–water partition coefficient (Wildman–Crippen LogP) is 3.25. The molecule has 3 rings (SSSR count). The van der Waals surface area contributed by atoms with Gasteiger partial charge in [-0.2, -0.15) is 0 Å². The Bertz CT molecular complexity index is 501. The van der Waals surface area contributed by atoms with Crippen molar-refractivity contribution in [2.24, 2.45) is 0 Å². The Morgan fingerprint density at radius 3 is 2.30 bits per heavy atom. The van der Waals surface area contributed by atoms with Crippen LogP contribution in [0.25, 0.3) is 0 Å². The van der Waals surface area contributed by atoms with Crippen molar-refractivity contribution in [3.8, 4) is 0 Å². The van der Waals surface area contributed by atoms with Gasteiger partial charge in [0.1, 0.15) is 0 Å². The molecule has 20 heavy (non-hydrogen) atoms. The molecule has 1 aliphatic heterocycles. The molecule has 0 amide bonds. The first-order valence-corrected chi connectivity index (χ1v) is 6.96. The first-order valence-electron chi connectivity index (χ1n) is 6.96. The maximum absolute atomic E-state index is 3.61. The van der Waals surface area contributed by atoms with Gasteiger partial charge in [-0.15, -0.1) is 12.4 Å². The first-order chi connectivity index (χ1) is 9.42. The third-order valence-corrected chi connectivity index (χ3v) is 3.71. The number of benzene rings is 2. The second kappa shape index (κ2) is 7.44. The van der Waals surface area contributed by atoms with E-state index in [1.54, 1.807) is 0 Å². The number of hydrogen-bond acceptors (Lipinski definition) is 2. The normalized spacial score (nSPS) is 19.3. The molecule has 0 radical (unpaired) electrons. The highest BCUT2D eigenvalue weighted by molar-refractivity contribution is 5.85. The van der Waals surface area contributed by atoms with Crippen molar-refractivity contribution in [1.29, 1.82) is 0 Å². The fourth-order valence-electron chi connectivity index (χ4n) is 2.70. The molecule has 1 atom stereocenters. The molecule has 0 saturated carbocycles. The Labute approximate surface area is 127 Å². The molecule has 106 valence electrons. The summed E-state index contributed by atoms with van der Waals surface area (Å²) in [6.45, 7) is 4.31. The number of piperazine rings is 1. The van der Waals surface area contributed by atoms with Gasteiger partial charge in [0.2, 0.25) is 0 Å². The lowest BCUT2D eigenvalue weighted by Gasteiger charge is -2.34. The Morgan fingerprint density at radius 1 is 0.950 bits per heavy atom. The molecule has 1 N–H and O–H groups in total. The maximum atomic E-state index is 3.61. The highest BCUT2D eigenvalue weighted by atomic mass is 35.5. The Balaban J connectivity index is 0.00000147. The van der Waals surface area contributed by atoms with Crippen LogP contribution in [0, 0.1) is 0 Å². The number of halogens is 1. The van der Waals surface area contributed by atoms with E-state index in [2.05, 4.69) is 70.9 Å². The fraction of sp³-hybridized carbons (Fsp3) is 0.294. The van der Waals surface area contributed by atoms with Crippen molar-refractivity contribution < 1.29 is 0 Å². The molecule has 1 aliphatic rings. The molecule has 0 spiro atoms. The van der Waals surface area contributed by atoms with Crippen molar-refractivity contribution in [3.05, 3.63) is 71.8 Å². The van der Waals surface area contributed by atoms with Gasteiger partial charge in [0.15, 0.2) is 0 Å². The highest BCUT2D eigenvalue weighted by Crippen LogP contribution is 2.18. The van der Waals surface area contributed by atoms with Crippen LogP contribution < -0.4 is 5.32 Å². The van der Waals surface area contributed by atoms with E-state index in [4.69, 9.17) is 0 Å². The monoisotopic (exact) mass is 288 g/mol. The van der Waals surface area contributed by atoms with Gasteiger partial charge in [-0.1, -0.05) is 60.7 Å². The molecular weight excluding hydrogens is 268 g/mol. The minimum Gasteiger partial charge on any atom is -0.308 e. The van der Waals surface area contributed by atoms with E-state index in [0.29, 0.717) is 6.04 Å². The van der Waals surface area contributed by atoms with E-state index in [9.17, 15) is 0 Å². The van der Waals surface area contributed by atoms with Gasteiger partial charge in [-0.25, -0.2) is 0 Å².